The van der Waals surface area contributed by atoms with Gasteiger partial charge in [0, 0.05) is 21.8 Å². The van der Waals surface area contributed by atoms with Crippen molar-refractivity contribution in [3.63, 3.8) is 0 Å². The number of fused-ring (bicyclic) bond motifs is 1. The summed E-state index contributed by atoms with van der Waals surface area (Å²) in [5, 5.41) is 0. The van der Waals surface area contributed by atoms with Crippen LogP contribution in [0.25, 0.3) is 0 Å². The largest absolute Gasteiger partial charge is 0.364 e. The first-order valence-electron chi connectivity index (χ1n) is 6.83. The number of para-hydroxylation sites is 1. The molecule has 2 heteroatoms. The highest BCUT2D eigenvalue weighted by atomic mass is 127. The summed E-state index contributed by atoms with van der Waals surface area (Å²) in [6.45, 7) is 3.34. The number of hydrogen-bond donors (Lipinski definition) is 0. The molecule has 2 aromatic rings. The molecule has 2 aromatic carbocycles. The van der Waals surface area contributed by atoms with Gasteiger partial charge in [0.1, 0.15) is 0 Å². The summed E-state index contributed by atoms with van der Waals surface area (Å²) in [4.78, 5) is 2.54. The molecule has 0 spiro atoms. The Bertz CT molecular complexity index is 562. The standard InChI is InChI=1S/C17H18IN/c1-13-6-9-15-4-2-3-5-17(15)19(13)12-14-7-10-16(18)11-8-14/h2-5,7-8,10-11,13H,6,9,12H2,1H3. The Kier molecular flexibility index (Phi) is 3.78. The van der Waals surface area contributed by atoms with Crippen LogP contribution in [0.2, 0.25) is 0 Å². The number of halogens is 1. The molecule has 0 saturated carbocycles. The minimum Gasteiger partial charge on any atom is -0.364 e. The minimum absolute atomic E-state index is 0.620. The molecular weight excluding hydrogens is 345 g/mol. The highest BCUT2D eigenvalue weighted by Crippen LogP contribution is 2.31. The fraction of sp³-hybridized carbons (Fsp3) is 0.294. The number of nitrogens with zero attached hydrogens (tertiary/aromatic N) is 1. The van der Waals surface area contributed by atoms with Crippen molar-refractivity contribution in [2.75, 3.05) is 4.90 Å². The molecule has 0 radical (unpaired) electrons. The Morgan fingerprint density at radius 3 is 2.63 bits per heavy atom. The molecule has 0 saturated heterocycles. The molecule has 98 valence electrons. The second kappa shape index (κ2) is 5.53. The zero-order chi connectivity index (χ0) is 13.2. The van der Waals surface area contributed by atoms with E-state index in [4.69, 9.17) is 0 Å². The second-order valence-electron chi connectivity index (χ2n) is 5.27. The maximum atomic E-state index is 2.54. The van der Waals surface area contributed by atoms with Gasteiger partial charge in [0.2, 0.25) is 0 Å². The molecular formula is C17H18IN. The fourth-order valence-corrected chi connectivity index (χ4v) is 3.15. The van der Waals surface area contributed by atoms with Crippen LogP contribution in [0.5, 0.6) is 0 Å². The molecule has 0 aromatic heterocycles. The van der Waals surface area contributed by atoms with Crippen molar-refractivity contribution in [2.45, 2.75) is 32.4 Å². The van der Waals surface area contributed by atoms with Gasteiger partial charge >= 0.3 is 0 Å². The quantitative estimate of drug-likeness (QED) is 0.703. The second-order valence-corrected chi connectivity index (χ2v) is 6.52. The van der Waals surface area contributed by atoms with Gasteiger partial charge in [-0.1, -0.05) is 30.3 Å². The predicted octanol–water partition coefficient (Wildman–Crippen LogP) is 4.63. The van der Waals surface area contributed by atoms with E-state index in [1.807, 2.05) is 0 Å². The monoisotopic (exact) mass is 363 g/mol. The molecule has 1 nitrogen and oxygen atoms in total. The van der Waals surface area contributed by atoms with Crippen LogP contribution in [0.15, 0.2) is 48.5 Å². The van der Waals surface area contributed by atoms with Gasteiger partial charge in [0.05, 0.1) is 0 Å². The number of aryl methyl sites for hydroxylation is 1. The van der Waals surface area contributed by atoms with E-state index in [9.17, 15) is 0 Å². The van der Waals surface area contributed by atoms with Gasteiger partial charge in [-0.25, -0.2) is 0 Å². The van der Waals surface area contributed by atoms with Gasteiger partial charge in [-0.2, -0.15) is 0 Å². The third-order valence-electron chi connectivity index (χ3n) is 3.93. The number of anilines is 1. The van der Waals surface area contributed by atoms with Crippen molar-refractivity contribution in [3.8, 4) is 0 Å². The van der Waals surface area contributed by atoms with Gasteiger partial charge in [0.25, 0.3) is 0 Å². The molecule has 1 unspecified atom stereocenters. The third kappa shape index (κ3) is 2.78. The first kappa shape index (κ1) is 13.0. The van der Waals surface area contributed by atoms with E-state index >= 15 is 0 Å². The summed E-state index contributed by atoms with van der Waals surface area (Å²) < 4.78 is 1.30. The van der Waals surface area contributed by atoms with Gasteiger partial charge in [-0.05, 0) is 71.7 Å². The summed E-state index contributed by atoms with van der Waals surface area (Å²) in [5.74, 6) is 0. The SMILES string of the molecule is CC1CCc2ccccc2N1Cc1ccc(I)cc1. The summed E-state index contributed by atoms with van der Waals surface area (Å²) in [6, 6.07) is 18.3. The maximum absolute atomic E-state index is 2.54. The smallest absolute Gasteiger partial charge is 0.0432 e. The Morgan fingerprint density at radius 1 is 1.11 bits per heavy atom. The molecule has 1 aliphatic heterocycles. The van der Waals surface area contributed by atoms with Crippen LogP contribution in [0.1, 0.15) is 24.5 Å². The van der Waals surface area contributed by atoms with Gasteiger partial charge < -0.3 is 4.90 Å². The Balaban J connectivity index is 1.89. The van der Waals surface area contributed by atoms with E-state index in [-0.39, 0.29) is 0 Å². The molecule has 19 heavy (non-hydrogen) atoms. The Labute approximate surface area is 128 Å². The molecule has 0 fully saturated rings. The summed E-state index contributed by atoms with van der Waals surface area (Å²) >= 11 is 2.36. The molecule has 0 N–H and O–H groups in total. The molecule has 1 atom stereocenters. The van der Waals surface area contributed by atoms with Crippen LogP contribution in [0.4, 0.5) is 5.69 Å². The van der Waals surface area contributed by atoms with E-state index in [2.05, 4.69) is 82.9 Å². The van der Waals surface area contributed by atoms with Crippen LogP contribution in [0.3, 0.4) is 0 Å². The highest BCUT2D eigenvalue weighted by molar-refractivity contribution is 14.1. The lowest BCUT2D eigenvalue weighted by molar-refractivity contribution is 0.560. The van der Waals surface area contributed by atoms with E-state index in [0.717, 1.165) is 6.54 Å². The van der Waals surface area contributed by atoms with Gasteiger partial charge in [-0.15, -0.1) is 0 Å². The van der Waals surface area contributed by atoms with Gasteiger partial charge in [-0.3, -0.25) is 0 Å². The van der Waals surface area contributed by atoms with E-state index in [1.165, 1.54) is 33.2 Å². The molecule has 0 bridgehead atoms. The zero-order valence-corrected chi connectivity index (χ0v) is 13.3. The zero-order valence-electron chi connectivity index (χ0n) is 11.1. The first-order valence-corrected chi connectivity index (χ1v) is 7.91. The summed E-state index contributed by atoms with van der Waals surface area (Å²) in [6.07, 6.45) is 2.46. The minimum atomic E-state index is 0.620. The van der Waals surface area contributed by atoms with Crippen molar-refractivity contribution >= 4 is 28.3 Å². The lowest BCUT2D eigenvalue weighted by Crippen LogP contribution is -2.36. The summed E-state index contributed by atoms with van der Waals surface area (Å²) in [5.41, 5.74) is 4.30. The Hall–Kier alpha value is -1.03. The molecule has 1 aliphatic rings. The highest BCUT2D eigenvalue weighted by Gasteiger charge is 2.22. The van der Waals surface area contributed by atoms with E-state index in [1.54, 1.807) is 0 Å². The maximum Gasteiger partial charge on any atom is 0.0432 e. The lowest BCUT2D eigenvalue weighted by atomic mass is 9.96. The first-order chi connectivity index (χ1) is 9.24. The van der Waals surface area contributed by atoms with Crippen LogP contribution in [-0.4, -0.2) is 6.04 Å². The van der Waals surface area contributed by atoms with E-state index < -0.39 is 0 Å². The Morgan fingerprint density at radius 2 is 1.84 bits per heavy atom. The molecule has 0 aliphatic carbocycles. The average molecular weight is 363 g/mol. The molecule has 0 amide bonds. The van der Waals surface area contributed by atoms with Crippen molar-refractivity contribution in [1.82, 2.24) is 0 Å². The summed E-state index contributed by atoms with van der Waals surface area (Å²) in [7, 11) is 0. The lowest BCUT2D eigenvalue weighted by Gasteiger charge is -2.37. The van der Waals surface area contributed by atoms with Gasteiger partial charge in [0.15, 0.2) is 0 Å². The number of rotatable bonds is 2. The normalized spacial score (nSPS) is 18.2. The molecule has 3 rings (SSSR count). The van der Waals surface area contributed by atoms with Crippen molar-refractivity contribution in [2.24, 2.45) is 0 Å². The van der Waals surface area contributed by atoms with Crippen molar-refractivity contribution in [1.29, 1.82) is 0 Å². The number of benzene rings is 2. The predicted molar refractivity (Wildman–Crippen MR) is 89.6 cm³/mol. The van der Waals surface area contributed by atoms with Crippen LogP contribution >= 0.6 is 22.6 Å². The van der Waals surface area contributed by atoms with Crippen molar-refractivity contribution < 1.29 is 0 Å². The third-order valence-corrected chi connectivity index (χ3v) is 4.65. The molecule has 1 heterocycles. The number of hydrogen-bond acceptors (Lipinski definition) is 1. The average Bonchev–Trinajstić information content (AvgIpc) is 2.44. The van der Waals surface area contributed by atoms with Crippen LogP contribution in [-0.2, 0) is 13.0 Å². The van der Waals surface area contributed by atoms with Crippen LogP contribution < -0.4 is 4.90 Å². The van der Waals surface area contributed by atoms with Crippen LogP contribution in [0, 0.1) is 3.57 Å². The van der Waals surface area contributed by atoms with E-state index in [0.29, 0.717) is 6.04 Å². The topological polar surface area (TPSA) is 3.24 Å². The van der Waals surface area contributed by atoms with Crippen molar-refractivity contribution in [3.05, 3.63) is 63.2 Å². The fourth-order valence-electron chi connectivity index (χ4n) is 2.79.